The van der Waals surface area contributed by atoms with Crippen LogP contribution in [0.3, 0.4) is 0 Å². The van der Waals surface area contributed by atoms with Crippen molar-refractivity contribution in [2.24, 2.45) is 5.92 Å². The number of alkyl halides is 3. The number of fused-ring (bicyclic) bond motifs is 2. The Morgan fingerprint density at radius 1 is 1.15 bits per heavy atom. The zero-order valence-electron chi connectivity index (χ0n) is 21.9. The second-order valence-corrected chi connectivity index (χ2v) is 11.0. The lowest BCUT2D eigenvalue weighted by Gasteiger charge is -2.34. The Labute approximate surface area is 231 Å². The normalized spacial score (nSPS) is 19.6. The van der Waals surface area contributed by atoms with Crippen LogP contribution in [0, 0.1) is 5.92 Å². The van der Waals surface area contributed by atoms with Gasteiger partial charge in [0.15, 0.2) is 11.6 Å². The van der Waals surface area contributed by atoms with Gasteiger partial charge in [-0.25, -0.2) is 14.8 Å². The summed E-state index contributed by atoms with van der Waals surface area (Å²) in [5, 5.41) is 6.82. The van der Waals surface area contributed by atoms with Crippen molar-refractivity contribution in [1.29, 1.82) is 0 Å². The number of amides is 2. The molecule has 2 amide bonds. The third-order valence-corrected chi connectivity index (χ3v) is 8.16. The number of rotatable bonds is 5. The third-order valence-electron chi connectivity index (χ3n) is 8.16. The van der Waals surface area contributed by atoms with E-state index in [2.05, 4.69) is 20.4 Å². The number of aromatic nitrogens is 4. The third kappa shape index (κ3) is 4.39. The summed E-state index contributed by atoms with van der Waals surface area (Å²) in [5.74, 6) is 0.843. The molecule has 1 aliphatic heterocycles. The Kier molecular flexibility index (Phi) is 5.64. The standard InChI is InChI=1S/C28H25F3N6O4/c1-15-10-19-20(13-37(15)25(38)16-2-3-16)32-14-33-24(19)40-18-4-5-21-17(11-18)6-9-36(21)26(39)34-23-12-22(41-35-23)27(7-8-27)28(29,30)31/h4-6,9,11-12,14-16H,2-3,7-8,10,13H2,1H3,(H,34,35,39). The molecule has 13 heteroatoms. The minimum atomic E-state index is -4.44. The Morgan fingerprint density at radius 3 is 2.68 bits per heavy atom. The van der Waals surface area contributed by atoms with Crippen molar-refractivity contribution in [2.45, 2.75) is 63.2 Å². The molecule has 0 radical (unpaired) electrons. The van der Waals surface area contributed by atoms with Crippen molar-refractivity contribution in [1.82, 2.24) is 24.6 Å². The van der Waals surface area contributed by atoms with Crippen molar-refractivity contribution in [3.05, 3.63) is 59.9 Å². The summed E-state index contributed by atoms with van der Waals surface area (Å²) in [7, 11) is 0. The Morgan fingerprint density at radius 2 is 1.95 bits per heavy atom. The van der Waals surface area contributed by atoms with E-state index in [0.29, 0.717) is 35.5 Å². The van der Waals surface area contributed by atoms with Gasteiger partial charge < -0.3 is 14.2 Å². The van der Waals surface area contributed by atoms with Crippen molar-refractivity contribution in [2.75, 3.05) is 5.32 Å². The molecule has 0 spiro atoms. The second-order valence-electron chi connectivity index (χ2n) is 11.0. The van der Waals surface area contributed by atoms with Crippen molar-refractivity contribution < 1.29 is 32.0 Å². The molecule has 1 aromatic carbocycles. The second kappa shape index (κ2) is 9.05. The molecule has 2 fully saturated rings. The molecule has 3 aliphatic rings. The molecule has 2 saturated carbocycles. The Bertz CT molecular complexity index is 1690. The number of ether oxygens (including phenoxy) is 1. The van der Waals surface area contributed by atoms with Crippen LogP contribution in [0.4, 0.5) is 23.8 Å². The number of halogens is 3. The summed E-state index contributed by atoms with van der Waals surface area (Å²) in [6.45, 7) is 2.44. The number of nitrogens with one attached hydrogen (secondary N) is 1. The molecule has 10 nitrogen and oxygen atoms in total. The van der Waals surface area contributed by atoms with Crippen LogP contribution in [0.15, 0.2) is 47.4 Å². The van der Waals surface area contributed by atoms with Gasteiger partial charge in [0.2, 0.25) is 11.8 Å². The molecule has 1 N–H and O–H groups in total. The van der Waals surface area contributed by atoms with Crippen LogP contribution in [0.25, 0.3) is 10.9 Å². The molecule has 3 aromatic heterocycles. The maximum Gasteiger partial charge on any atom is 0.401 e. The molecule has 1 atom stereocenters. The smallest absolute Gasteiger partial charge is 0.401 e. The van der Waals surface area contributed by atoms with Crippen molar-refractivity contribution in [3.63, 3.8) is 0 Å². The highest BCUT2D eigenvalue weighted by atomic mass is 19.4. The van der Waals surface area contributed by atoms with Crippen LogP contribution >= 0.6 is 0 Å². The first kappa shape index (κ1) is 25.5. The topological polar surface area (TPSA) is 115 Å². The Hall–Kier alpha value is -4.42. The van der Waals surface area contributed by atoms with E-state index in [1.165, 1.54) is 10.9 Å². The van der Waals surface area contributed by atoms with Crippen LogP contribution in [0.1, 0.15) is 49.6 Å². The molecule has 7 rings (SSSR count). The highest BCUT2D eigenvalue weighted by molar-refractivity contribution is 5.98. The number of hydrogen-bond donors (Lipinski definition) is 1. The highest BCUT2D eigenvalue weighted by Crippen LogP contribution is 2.59. The molecule has 41 heavy (non-hydrogen) atoms. The predicted octanol–water partition coefficient (Wildman–Crippen LogP) is 5.57. The van der Waals surface area contributed by atoms with Crippen LogP contribution in [-0.2, 0) is 23.2 Å². The van der Waals surface area contributed by atoms with E-state index in [1.807, 2.05) is 11.8 Å². The zero-order valence-corrected chi connectivity index (χ0v) is 21.9. The molecule has 0 bridgehead atoms. The first-order valence-corrected chi connectivity index (χ1v) is 13.4. The lowest BCUT2D eigenvalue weighted by atomic mass is 9.99. The SMILES string of the molecule is CC1Cc2c(ncnc2Oc2ccc3c(ccn3C(=O)Nc3cc(C4(C(F)(F)F)CC4)on3)c2)CN1C(=O)C1CC1. The molecule has 0 saturated heterocycles. The Balaban J connectivity index is 1.07. The van der Waals surface area contributed by atoms with Crippen LogP contribution in [0.5, 0.6) is 11.6 Å². The summed E-state index contributed by atoms with van der Waals surface area (Å²) in [6, 6.07) is 7.41. The fraction of sp³-hybridized carbons (Fsp3) is 0.393. The van der Waals surface area contributed by atoms with Crippen LogP contribution in [0.2, 0.25) is 0 Å². The minimum absolute atomic E-state index is 0.00282. The molecule has 1 unspecified atom stereocenters. The molecule has 4 aromatic rings. The van der Waals surface area contributed by atoms with E-state index in [4.69, 9.17) is 9.26 Å². The van der Waals surface area contributed by atoms with E-state index in [-0.39, 0.29) is 42.3 Å². The summed E-state index contributed by atoms with van der Waals surface area (Å²) in [4.78, 5) is 36.2. The monoisotopic (exact) mass is 566 g/mol. The van der Waals surface area contributed by atoms with Crippen LogP contribution < -0.4 is 10.1 Å². The van der Waals surface area contributed by atoms with E-state index in [0.717, 1.165) is 30.2 Å². The van der Waals surface area contributed by atoms with E-state index in [9.17, 15) is 22.8 Å². The maximum absolute atomic E-state index is 13.4. The number of anilines is 1. The van der Waals surface area contributed by atoms with Gasteiger partial charge in [-0.05, 0) is 63.3 Å². The first-order chi connectivity index (χ1) is 19.6. The van der Waals surface area contributed by atoms with Crippen LogP contribution in [-0.4, -0.2) is 48.7 Å². The van der Waals surface area contributed by atoms with E-state index >= 15 is 0 Å². The van der Waals surface area contributed by atoms with Gasteiger partial charge in [-0.3, -0.25) is 14.7 Å². The lowest BCUT2D eigenvalue weighted by molar-refractivity contribution is -0.165. The van der Waals surface area contributed by atoms with Crippen molar-refractivity contribution in [3.8, 4) is 11.6 Å². The van der Waals surface area contributed by atoms with Crippen molar-refractivity contribution >= 4 is 28.7 Å². The average molecular weight is 567 g/mol. The van der Waals surface area contributed by atoms with E-state index in [1.54, 1.807) is 30.5 Å². The van der Waals surface area contributed by atoms with Gasteiger partial charge in [-0.1, -0.05) is 5.16 Å². The maximum atomic E-state index is 13.4. The molecular formula is C28H25F3N6O4. The highest BCUT2D eigenvalue weighted by Gasteiger charge is 2.67. The lowest BCUT2D eigenvalue weighted by Crippen LogP contribution is -2.43. The predicted molar refractivity (Wildman–Crippen MR) is 138 cm³/mol. The van der Waals surface area contributed by atoms with Gasteiger partial charge >= 0.3 is 12.2 Å². The fourth-order valence-corrected chi connectivity index (χ4v) is 5.44. The number of carbonyl (C=O) groups excluding carboxylic acids is 2. The minimum Gasteiger partial charge on any atom is -0.439 e. The van der Waals surface area contributed by atoms with Gasteiger partial charge in [0, 0.05) is 35.2 Å². The largest absolute Gasteiger partial charge is 0.439 e. The number of carbonyl (C=O) groups is 2. The van der Waals surface area contributed by atoms with Gasteiger partial charge in [-0.15, -0.1) is 0 Å². The summed E-state index contributed by atoms with van der Waals surface area (Å²) < 4.78 is 52.6. The molecular weight excluding hydrogens is 541 g/mol. The summed E-state index contributed by atoms with van der Waals surface area (Å²) >= 11 is 0. The molecule has 4 heterocycles. The molecule has 2 aliphatic carbocycles. The van der Waals surface area contributed by atoms with Gasteiger partial charge in [0.25, 0.3) is 0 Å². The molecule has 212 valence electrons. The average Bonchev–Trinajstić information content (AvgIpc) is 3.86. The summed E-state index contributed by atoms with van der Waals surface area (Å²) in [5.41, 5.74) is 0.167. The first-order valence-electron chi connectivity index (χ1n) is 13.4. The van der Waals surface area contributed by atoms with Gasteiger partial charge in [-0.2, -0.15) is 13.2 Å². The summed E-state index contributed by atoms with van der Waals surface area (Å²) in [6.07, 6.45) is 0.869. The quantitative estimate of drug-likeness (QED) is 0.336. The number of hydrogen-bond acceptors (Lipinski definition) is 7. The number of nitrogens with zero attached hydrogens (tertiary/aromatic N) is 5. The van der Waals surface area contributed by atoms with E-state index < -0.39 is 17.6 Å². The fourth-order valence-electron chi connectivity index (χ4n) is 5.44. The zero-order chi connectivity index (χ0) is 28.5. The van der Waals surface area contributed by atoms with Gasteiger partial charge in [0.1, 0.15) is 17.5 Å². The number of benzene rings is 1. The van der Waals surface area contributed by atoms with Gasteiger partial charge in [0.05, 0.1) is 17.8 Å².